The molecule has 1 amide bonds. The first-order valence-electron chi connectivity index (χ1n) is 10.9. The van der Waals surface area contributed by atoms with E-state index in [1.54, 1.807) is 12.3 Å². The molecule has 0 fully saturated rings. The Morgan fingerprint density at radius 1 is 1.12 bits per heavy atom. The van der Waals surface area contributed by atoms with Gasteiger partial charge < -0.3 is 4.74 Å². The van der Waals surface area contributed by atoms with Crippen molar-refractivity contribution < 1.29 is 9.53 Å². The van der Waals surface area contributed by atoms with Gasteiger partial charge in [-0.1, -0.05) is 37.3 Å². The molecule has 3 aromatic carbocycles. The number of carbonyl (C=O) groups is 1. The quantitative estimate of drug-likeness (QED) is 0.328. The maximum Gasteiger partial charge on any atom is 0.289 e. The SMILES string of the molecule is CCCOc1ccc(/C=N\NC(=O)c2cc(-c3ccc4c5c(cccc35)CC4)n[nH]2)cc1. The first-order valence-corrected chi connectivity index (χ1v) is 10.9. The zero-order valence-electron chi connectivity index (χ0n) is 17.9. The van der Waals surface area contributed by atoms with Gasteiger partial charge in [0, 0.05) is 5.56 Å². The molecule has 0 unspecified atom stereocenters. The summed E-state index contributed by atoms with van der Waals surface area (Å²) in [7, 11) is 0. The topological polar surface area (TPSA) is 79.4 Å². The Morgan fingerprint density at radius 3 is 2.75 bits per heavy atom. The number of hydrogen-bond donors (Lipinski definition) is 2. The van der Waals surface area contributed by atoms with Gasteiger partial charge in [-0.25, -0.2) is 5.43 Å². The van der Waals surface area contributed by atoms with Crippen LogP contribution in [0.25, 0.3) is 22.0 Å². The van der Waals surface area contributed by atoms with E-state index < -0.39 is 0 Å². The van der Waals surface area contributed by atoms with Crippen molar-refractivity contribution in [2.75, 3.05) is 6.61 Å². The lowest BCUT2D eigenvalue weighted by atomic mass is 9.98. The predicted octanol–water partition coefficient (Wildman–Crippen LogP) is 4.88. The largest absolute Gasteiger partial charge is 0.494 e. The molecule has 0 saturated carbocycles. The minimum Gasteiger partial charge on any atom is -0.494 e. The zero-order valence-corrected chi connectivity index (χ0v) is 17.9. The number of benzene rings is 3. The van der Waals surface area contributed by atoms with Gasteiger partial charge in [0.25, 0.3) is 5.91 Å². The summed E-state index contributed by atoms with van der Waals surface area (Å²) in [5.74, 6) is 0.481. The summed E-state index contributed by atoms with van der Waals surface area (Å²) >= 11 is 0. The summed E-state index contributed by atoms with van der Waals surface area (Å²) in [5, 5.41) is 13.8. The van der Waals surface area contributed by atoms with E-state index in [1.165, 1.54) is 21.9 Å². The number of nitrogens with one attached hydrogen (secondary N) is 2. The highest BCUT2D eigenvalue weighted by Gasteiger charge is 2.18. The Balaban J connectivity index is 1.29. The number of aromatic nitrogens is 2. The maximum atomic E-state index is 12.5. The highest BCUT2D eigenvalue weighted by atomic mass is 16.5. The van der Waals surface area contributed by atoms with E-state index in [1.807, 2.05) is 24.3 Å². The van der Waals surface area contributed by atoms with Gasteiger partial charge in [0.2, 0.25) is 0 Å². The summed E-state index contributed by atoms with van der Waals surface area (Å²) in [6.07, 6.45) is 4.73. The highest BCUT2D eigenvalue weighted by molar-refractivity contribution is 6.02. The first-order chi connectivity index (χ1) is 15.7. The second-order valence-electron chi connectivity index (χ2n) is 7.90. The molecule has 160 valence electrons. The van der Waals surface area contributed by atoms with E-state index >= 15 is 0 Å². The molecule has 0 aliphatic heterocycles. The second-order valence-corrected chi connectivity index (χ2v) is 7.90. The summed E-state index contributed by atoms with van der Waals surface area (Å²) in [5.41, 5.74) is 8.32. The van der Waals surface area contributed by atoms with Crippen LogP contribution >= 0.6 is 0 Å². The average molecular weight is 425 g/mol. The molecule has 0 atom stereocenters. The van der Waals surface area contributed by atoms with Gasteiger partial charge in [-0.15, -0.1) is 0 Å². The number of nitrogens with zero attached hydrogens (tertiary/aromatic N) is 2. The van der Waals surface area contributed by atoms with Crippen LogP contribution in [-0.4, -0.2) is 28.9 Å². The van der Waals surface area contributed by atoms with E-state index in [9.17, 15) is 4.79 Å². The minimum atomic E-state index is -0.339. The van der Waals surface area contributed by atoms with Crippen LogP contribution < -0.4 is 10.2 Å². The fourth-order valence-electron chi connectivity index (χ4n) is 4.14. The number of ether oxygens (including phenoxy) is 1. The molecular weight excluding hydrogens is 400 g/mol. The summed E-state index contributed by atoms with van der Waals surface area (Å²) in [4.78, 5) is 12.5. The molecular formula is C26H24N4O2. The van der Waals surface area contributed by atoms with E-state index in [0.29, 0.717) is 12.3 Å². The number of carbonyl (C=O) groups excluding carboxylic acids is 1. The number of hydrazone groups is 1. The van der Waals surface area contributed by atoms with Gasteiger partial charge in [0.15, 0.2) is 0 Å². The standard InChI is InChI=1S/C26H24N4O2/c1-2-14-32-20-11-6-17(7-12-20)16-27-30-26(31)24-15-23(28-29-24)21-13-10-19-9-8-18-4-3-5-22(21)25(18)19/h3-7,10-13,15-16H,2,8-9,14H2,1H3,(H,28,29)(H,30,31)/b27-16-. The van der Waals surface area contributed by atoms with Gasteiger partial charge in [-0.2, -0.15) is 10.2 Å². The maximum absolute atomic E-state index is 12.5. The van der Waals surface area contributed by atoms with E-state index in [-0.39, 0.29) is 5.91 Å². The number of rotatable bonds is 7. The summed E-state index contributed by atoms with van der Waals surface area (Å²) in [6.45, 7) is 2.76. The van der Waals surface area contributed by atoms with Crippen molar-refractivity contribution in [1.82, 2.24) is 15.6 Å². The molecule has 2 N–H and O–H groups in total. The molecule has 1 aromatic heterocycles. The van der Waals surface area contributed by atoms with Gasteiger partial charge in [-0.05, 0) is 77.1 Å². The van der Waals surface area contributed by atoms with Gasteiger partial charge in [-0.3, -0.25) is 9.89 Å². The normalized spacial score (nSPS) is 12.5. The Bertz CT molecular complexity index is 1300. The summed E-state index contributed by atoms with van der Waals surface area (Å²) in [6, 6.07) is 20.0. The van der Waals surface area contributed by atoms with E-state index in [4.69, 9.17) is 4.74 Å². The lowest BCUT2D eigenvalue weighted by molar-refractivity contribution is 0.0950. The van der Waals surface area contributed by atoms with Crippen molar-refractivity contribution >= 4 is 22.9 Å². The van der Waals surface area contributed by atoms with Crippen LogP contribution in [0.4, 0.5) is 0 Å². The molecule has 32 heavy (non-hydrogen) atoms. The van der Waals surface area contributed by atoms with Gasteiger partial charge in [0.05, 0.1) is 18.5 Å². The Kier molecular flexibility index (Phi) is 5.42. The molecule has 5 rings (SSSR count). The number of hydrogen-bond acceptors (Lipinski definition) is 4. The monoisotopic (exact) mass is 424 g/mol. The molecule has 6 heteroatoms. The van der Waals surface area contributed by atoms with Crippen LogP contribution in [0, 0.1) is 0 Å². The molecule has 1 aliphatic rings. The highest BCUT2D eigenvalue weighted by Crippen LogP contribution is 2.36. The van der Waals surface area contributed by atoms with Gasteiger partial charge in [0.1, 0.15) is 11.4 Å². The molecule has 4 aromatic rings. The average Bonchev–Trinajstić information content (AvgIpc) is 3.48. The second kappa shape index (κ2) is 8.67. The van der Waals surface area contributed by atoms with Crippen molar-refractivity contribution in [2.45, 2.75) is 26.2 Å². The number of amides is 1. The molecule has 6 nitrogen and oxygen atoms in total. The van der Waals surface area contributed by atoms with Crippen molar-refractivity contribution in [3.63, 3.8) is 0 Å². The minimum absolute atomic E-state index is 0.339. The predicted molar refractivity (Wildman–Crippen MR) is 126 cm³/mol. The molecule has 1 heterocycles. The smallest absolute Gasteiger partial charge is 0.289 e. The van der Waals surface area contributed by atoms with Crippen LogP contribution in [0.1, 0.15) is 40.5 Å². The number of H-pyrrole nitrogens is 1. The van der Waals surface area contributed by atoms with E-state index in [0.717, 1.165) is 41.8 Å². The lowest BCUT2D eigenvalue weighted by Gasteiger charge is -2.06. The zero-order chi connectivity index (χ0) is 21.9. The molecule has 0 spiro atoms. The third kappa shape index (κ3) is 3.87. The fraction of sp³-hybridized carbons (Fsp3) is 0.192. The van der Waals surface area contributed by atoms with Gasteiger partial charge >= 0.3 is 0 Å². The molecule has 0 saturated heterocycles. The van der Waals surface area contributed by atoms with Crippen molar-refractivity contribution in [3.8, 4) is 17.0 Å². The van der Waals surface area contributed by atoms with Crippen LogP contribution in [0.5, 0.6) is 5.75 Å². The summed E-state index contributed by atoms with van der Waals surface area (Å²) < 4.78 is 5.57. The Hall–Kier alpha value is -3.93. The Morgan fingerprint density at radius 2 is 1.94 bits per heavy atom. The molecule has 1 aliphatic carbocycles. The Labute approximate surface area is 186 Å². The van der Waals surface area contributed by atoms with E-state index in [2.05, 4.69) is 58.0 Å². The number of aromatic amines is 1. The van der Waals surface area contributed by atoms with Crippen LogP contribution in [0.2, 0.25) is 0 Å². The van der Waals surface area contributed by atoms with Crippen molar-refractivity contribution in [3.05, 3.63) is 83.0 Å². The molecule has 0 radical (unpaired) electrons. The van der Waals surface area contributed by atoms with Crippen LogP contribution in [0.3, 0.4) is 0 Å². The third-order valence-electron chi connectivity index (χ3n) is 5.71. The lowest BCUT2D eigenvalue weighted by Crippen LogP contribution is -2.17. The van der Waals surface area contributed by atoms with Crippen LogP contribution in [0.15, 0.2) is 65.8 Å². The van der Waals surface area contributed by atoms with Crippen LogP contribution in [-0.2, 0) is 12.8 Å². The number of aryl methyl sites for hydroxylation is 2. The fourth-order valence-corrected chi connectivity index (χ4v) is 4.14. The first kappa shape index (κ1) is 20.0. The third-order valence-corrected chi connectivity index (χ3v) is 5.71. The molecule has 0 bridgehead atoms. The van der Waals surface area contributed by atoms with Crippen molar-refractivity contribution in [2.24, 2.45) is 5.10 Å². The van der Waals surface area contributed by atoms with Crippen molar-refractivity contribution in [1.29, 1.82) is 0 Å².